The van der Waals surface area contributed by atoms with Gasteiger partial charge in [0.2, 0.25) is 0 Å². The first-order chi connectivity index (χ1) is 14.3. The third-order valence-electron chi connectivity index (χ3n) is 5.31. The summed E-state index contributed by atoms with van der Waals surface area (Å²) in [6.07, 6.45) is 1.64. The standard InChI is InChI=1S/C24H22N4O/c1-29-18-12-10-16(11-13-18)14-17(24-27-21-8-4-5-9-22(21)28-24)15-23-25-19-6-2-3-7-20(19)26-23/h2-13,17H,14-15H2,1H3,(H,25,26)(H,27,28). The lowest BCUT2D eigenvalue weighted by molar-refractivity contribution is 0.414. The van der Waals surface area contributed by atoms with E-state index in [1.807, 2.05) is 48.5 Å². The van der Waals surface area contributed by atoms with Crippen LogP contribution in [-0.4, -0.2) is 27.0 Å². The quantitative estimate of drug-likeness (QED) is 0.433. The first kappa shape index (κ1) is 17.5. The first-order valence-electron chi connectivity index (χ1n) is 9.80. The van der Waals surface area contributed by atoms with E-state index in [9.17, 15) is 0 Å². The summed E-state index contributed by atoms with van der Waals surface area (Å²) in [5.74, 6) is 3.01. The highest BCUT2D eigenvalue weighted by molar-refractivity contribution is 5.75. The van der Waals surface area contributed by atoms with Gasteiger partial charge < -0.3 is 14.7 Å². The van der Waals surface area contributed by atoms with Crippen LogP contribution >= 0.6 is 0 Å². The molecule has 0 aliphatic carbocycles. The summed E-state index contributed by atoms with van der Waals surface area (Å²) >= 11 is 0. The molecule has 144 valence electrons. The van der Waals surface area contributed by atoms with Crippen LogP contribution in [0.2, 0.25) is 0 Å². The Kier molecular flexibility index (Phi) is 4.48. The minimum Gasteiger partial charge on any atom is -0.497 e. The third-order valence-corrected chi connectivity index (χ3v) is 5.31. The van der Waals surface area contributed by atoms with Gasteiger partial charge >= 0.3 is 0 Å². The summed E-state index contributed by atoms with van der Waals surface area (Å²) in [6.45, 7) is 0. The highest BCUT2D eigenvalue weighted by Gasteiger charge is 2.19. The molecular formula is C24H22N4O. The summed E-state index contributed by atoms with van der Waals surface area (Å²) < 4.78 is 5.29. The summed E-state index contributed by atoms with van der Waals surface area (Å²) in [7, 11) is 1.69. The van der Waals surface area contributed by atoms with Crippen molar-refractivity contribution in [2.75, 3.05) is 7.11 Å². The number of H-pyrrole nitrogens is 2. The van der Waals surface area contributed by atoms with Crippen LogP contribution in [0.5, 0.6) is 5.75 Å². The van der Waals surface area contributed by atoms with Crippen molar-refractivity contribution in [1.29, 1.82) is 0 Å². The minimum absolute atomic E-state index is 0.177. The van der Waals surface area contributed by atoms with Crippen molar-refractivity contribution in [3.63, 3.8) is 0 Å². The lowest BCUT2D eigenvalue weighted by Crippen LogP contribution is -2.10. The van der Waals surface area contributed by atoms with E-state index >= 15 is 0 Å². The number of fused-ring (bicyclic) bond motifs is 2. The van der Waals surface area contributed by atoms with Gasteiger partial charge in [-0.1, -0.05) is 36.4 Å². The summed E-state index contributed by atoms with van der Waals surface area (Å²) in [5, 5.41) is 0. The van der Waals surface area contributed by atoms with Crippen molar-refractivity contribution in [2.45, 2.75) is 18.8 Å². The summed E-state index contributed by atoms with van der Waals surface area (Å²) in [6, 6.07) is 24.5. The predicted octanol–water partition coefficient (Wildman–Crippen LogP) is 5.02. The van der Waals surface area contributed by atoms with E-state index in [-0.39, 0.29) is 5.92 Å². The van der Waals surface area contributed by atoms with E-state index in [0.717, 1.165) is 52.3 Å². The molecule has 0 amide bonds. The fourth-order valence-corrected chi connectivity index (χ4v) is 3.81. The van der Waals surface area contributed by atoms with Gasteiger partial charge in [0.05, 0.1) is 29.2 Å². The second-order valence-electron chi connectivity index (χ2n) is 7.29. The minimum atomic E-state index is 0.177. The summed E-state index contributed by atoms with van der Waals surface area (Å²) in [4.78, 5) is 16.6. The zero-order chi connectivity index (χ0) is 19.6. The highest BCUT2D eigenvalue weighted by Crippen LogP contribution is 2.26. The maximum absolute atomic E-state index is 5.29. The van der Waals surface area contributed by atoms with E-state index in [1.165, 1.54) is 5.56 Å². The van der Waals surface area contributed by atoms with E-state index < -0.39 is 0 Å². The third kappa shape index (κ3) is 3.59. The molecule has 0 aliphatic rings. The van der Waals surface area contributed by atoms with Gasteiger partial charge in [0.1, 0.15) is 17.4 Å². The summed E-state index contributed by atoms with van der Waals surface area (Å²) in [5.41, 5.74) is 5.36. The zero-order valence-corrected chi connectivity index (χ0v) is 16.2. The van der Waals surface area contributed by atoms with Crippen molar-refractivity contribution in [2.24, 2.45) is 0 Å². The maximum Gasteiger partial charge on any atom is 0.118 e. The number of nitrogens with one attached hydrogen (secondary N) is 2. The van der Waals surface area contributed by atoms with Crippen molar-refractivity contribution in [1.82, 2.24) is 19.9 Å². The Balaban J connectivity index is 1.50. The number of benzene rings is 3. The largest absolute Gasteiger partial charge is 0.497 e. The monoisotopic (exact) mass is 382 g/mol. The molecule has 2 heterocycles. The number of aromatic amines is 2. The Labute approximate surface area is 168 Å². The number of nitrogens with zero attached hydrogens (tertiary/aromatic N) is 2. The molecular weight excluding hydrogens is 360 g/mol. The molecule has 5 aromatic rings. The molecule has 0 saturated heterocycles. The average Bonchev–Trinajstić information content (AvgIpc) is 3.37. The molecule has 5 heteroatoms. The van der Waals surface area contributed by atoms with E-state index in [2.05, 4.69) is 34.2 Å². The number of hydrogen-bond donors (Lipinski definition) is 2. The Bertz CT molecular complexity index is 1190. The maximum atomic E-state index is 5.29. The molecule has 5 rings (SSSR count). The average molecular weight is 382 g/mol. The van der Waals surface area contributed by atoms with Crippen molar-refractivity contribution < 1.29 is 4.74 Å². The van der Waals surface area contributed by atoms with Gasteiger partial charge in [0.15, 0.2) is 0 Å². The lowest BCUT2D eigenvalue weighted by atomic mass is 9.95. The van der Waals surface area contributed by atoms with Crippen LogP contribution in [0.4, 0.5) is 0 Å². The van der Waals surface area contributed by atoms with Gasteiger partial charge in [-0.15, -0.1) is 0 Å². The van der Waals surface area contributed by atoms with E-state index in [4.69, 9.17) is 14.7 Å². The SMILES string of the molecule is COc1ccc(CC(Cc2nc3ccccc3[nH]2)c2nc3ccccc3[nH]2)cc1. The van der Waals surface area contributed by atoms with Gasteiger partial charge in [0.25, 0.3) is 0 Å². The lowest BCUT2D eigenvalue weighted by Gasteiger charge is -2.14. The normalized spacial score (nSPS) is 12.4. The second-order valence-corrected chi connectivity index (χ2v) is 7.29. The molecule has 29 heavy (non-hydrogen) atoms. The predicted molar refractivity (Wildman–Crippen MR) is 115 cm³/mol. The van der Waals surface area contributed by atoms with Gasteiger partial charge in [-0.2, -0.15) is 0 Å². The van der Waals surface area contributed by atoms with E-state index in [1.54, 1.807) is 7.11 Å². The van der Waals surface area contributed by atoms with Crippen LogP contribution in [0.3, 0.4) is 0 Å². The molecule has 5 nitrogen and oxygen atoms in total. The topological polar surface area (TPSA) is 66.6 Å². The molecule has 3 aromatic carbocycles. The first-order valence-corrected chi connectivity index (χ1v) is 9.80. The van der Waals surface area contributed by atoms with Crippen LogP contribution in [0.15, 0.2) is 72.8 Å². The number of imidazole rings is 2. The molecule has 0 saturated carbocycles. The van der Waals surface area contributed by atoms with Crippen LogP contribution < -0.4 is 4.74 Å². The number of para-hydroxylation sites is 4. The van der Waals surface area contributed by atoms with Crippen LogP contribution in [0, 0.1) is 0 Å². The smallest absolute Gasteiger partial charge is 0.118 e. The van der Waals surface area contributed by atoms with Crippen LogP contribution in [-0.2, 0) is 12.8 Å². The van der Waals surface area contributed by atoms with Crippen molar-refractivity contribution >= 4 is 22.1 Å². The number of aromatic nitrogens is 4. The van der Waals surface area contributed by atoms with Crippen LogP contribution in [0.25, 0.3) is 22.1 Å². The molecule has 1 atom stereocenters. The number of methoxy groups -OCH3 is 1. The Morgan fingerprint density at radius 2 is 1.41 bits per heavy atom. The van der Waals surface area contributed by atoms with Gasteiger partial charge in [-0.05, 0) is 48.4 Å². The molecule has 2 aromatic heterocycles. The Morgan fingerprint density at radius 1 is 0.759 bits per heavy atom. The van der Waals surface area contributed by atoms with E-state index in [0.29, 0.717) is 0 Å². The number of ether oxygens (including phenoxy) is 1. The molecule has 0 radical (unpaired) electrons. The van der Waals surface area contributed by atoms with Gasteiger partial charge in [-0.25, -0.2) is 9.97 Å². The molecule has 0 bridgehead atoms. The Morgan fingerprint density at radius 3 is 2.07 bits per heavy atom. The van der Waals surface area contributed by atoms with Gasteiger partial charge in [-0.3, -0.25) is 0 Å². The molecule has 0 fully saturated rings. The van der Waals surface area contributed by atoms with Crippen LogP contribution in [0.1, 0.15) is 23.1 Å². The molecule has 2 N–H and O–H groups in total. The number of hydrogen-bond acceptors (Lipinski definition) is 3. The number of rotatable bonds is 6. The van der Waals surface area contributed by atoms with Gasteiger partial charge in [0, 0.05) is 12.3 Å². The zero-order valence-electron chi connectivity index (χ0n) is 16.2. The second kappa shape index (κ2) is 7.43. The molecule has 0 spiro atoms. The highest BCUT2D eigenvalue weighted by atomic mass is 16.5. The fourth-order valence-electron chi connectivity index (χ4n) is 3.81. The molecule has 0 aliphatic heterocycles. The molecule has 1 unspecified atom stereocenters. The Hall–Kier alpha value is -3.60. The van der Waals surface area contributed by atoms with Crippen molar-refractivity contribution in [3.8, 4) is 5.75 Å². The fraction of sp³-hybridized carbons (Fsp3) is 0.167. The van der Waals surface area contributed by atoms with Crippen molar-refractivity contribution in [3.05, 3.63) is 90.0 Å².